The van der Waals surface area contributed by atoms with Crippen LogP contribution in [0.4, 0.5) is 0 Å². The van der Waals surface area contributed by atoms with Gasteiger partial charge in [0, 0.05) is 32.3 Å². The highest BCUT2D eigenvalue weighted by Gasteiger charge is 2.28. The zero-order valence-corrected chi connectivity index (χ0v) is 22.1. The Balaban J connectivity index is 1.74. The zero-order chi connectivity index (χ0) is 25.1. The summed E-state index contributed by atoms with van der Waals surface area (Å²) in [5.74, 6) is 1.20. The van der Waals surface area contributed by atoms with Crippen molar-refractivity contribution in [1.29, 1.82) is 0 Å². The third-order valence-corrected chi connectivity index (χ3v) is 8.39. The van der Waals surface area contributed by atoms with Crippen LogP contribution in [0.5, 0.6) is 11.5 Å². The van der Waals surface area contributed by atoms with Crippen LogP contribution >= 0.6 is 35.0 Å². The van der Waals surface area contributed by atoms with E-state index in [-0.39, 0.29) is 5.56 Å². The lowest BCUT2D eigenvalue weighted by Crippen LogP contribution is -2.33. The molecular formula is C28H21Cl2N2O3S+. The van der Waals surface area contributed by atoms with E-state index >= 15 is 0 Å². The molecule has 2 heterocycles. The Kier molecular flexibility index (Phi) is 5.63. The van der Waals surface area contributed by atoms with Crippen molar-refractivity contribution < 1.29 is 14.0 Å². The van der Waals surface area contributed by atoms with Crippen LogP contribution in [0.15, 0.2) is 75.2 Å². The average Bonchev–Trinajstić information content (AvgIpc) is 3.22. The number of imidazole rings is 1. The third-order valence-electron chi connectivity index (χ3n) is 6.58. The normalized spacial score (nSPS) is 11.8. The van der Waals surface area contributed by atoms with Gasteiger partial charge in [0.1, 0.15) is 0 Å². The predicted molar refractivity (Wildman–Crippen MR) is 147 cm³/mol. The van der Waals surface area contributed by atoms with Crippen LogP contribution in [0, 0.1) is 0 Å². The first-order valence-corrected chi connectivity index (χ1v) is 13.0. The van der Waals surface area contributed by atoms with Gasteiger partial charge in [0.2, 0.25) is 0 Å². The molecule has 0 aliphatic carbocycles. The van der Waals surface area contributed by atoms with E-state index in [1.807, 2.05) is 30.3 Å². The molecule has 0 aliphatic rings. The van der Waals surface area contributed by atoms with Gasteiger partial charge in [-0.3, -0.25) is 0 Å². The highest BCUT2D eigenvalue weighted by atomic mass is 35.5. The molecule has 0 N–H and O–H groups in total. The summed E-state index contributed by atoms with van der Waals surface area (Å²) in [4.78, 5) is 15.9. The summed E-state index contributed by atoms with van der Waals surface area (Å²) in [5, 5.41) is 4.84. The minimum atomic E-state index is -0.0737. The van der Waals surface area contributed by atoms with Gasteiger partial charge in [-0.05, 0) is 48.7 Å². The number of aryl methyl sites for hydroxylation is 1. The predicted octanol–water partition coefficient (Wildman–Crippen LogP) is 6.98. The van der Waals surface area contributed by atoms with Crippen LogP contribution < -0.4 is 19.6 Å². The number of hydrogen-bond acceptors (Lipinski definition) is 4. The lowest BCUT2D eigenvalue weighted by atomic mass is 10.0. The molecule has 0 aliphatic heterocycles. The lowest BCUT2D eigenvalue weighted by molar-refractivity contribution is -0.641. The molecule has 6 aromatic rings. The first-order chi connectivity index (χ1) is 17.5. The van der Waals surface area contributed by atoms with Crippen LogP contribution in [-0.4, -0.2) is 18.6 Å². The van der Waals surface area contributed by atoms with Crippen molar-refractivity contribution in [2.45, 2.75) is 23.3 Å². The molecular weight excluding hydrogens is 515 g/mol. The van der Waals surface area contributed by atoms with Gasteiger partial charge in [0.15, 0.2) is 22.5 Å². The standard InChI is InChI=1S/C28H21Cl2N2O3S/c1-4-31-20-13-22(34-2)23(35-3)14-21(20)32-27(31)17-9-11-24(36-25-12-15(29)8-10-19(25)30)16-6-5-7-18(26(16)17)28(32)33/h5-14H,4H2,1-3H3/q+1. The van der Waals surface area contributed by atoms with Crippen LogP contribution in [-0.2, 0) is 6.54 Å². The Labute approximate surface area is 221 Å². The van der Waals surface area contributed by atoms with Gasteiger partial charge in [0.25, 0.3) is 5.65 Å². The molecule has 180 valence electrons. The smallest absolute Gasteiger partial charge is 0.347 e. The van der Waals surface area contributed by atoms with Gasteiger partial charge in [-0.1, -0.05) is 47.1 Å². The Morgan fingerprint density at radius 3 is 2.39 bits per heavy atom. The first-order valence-electron chi connectivity index (χ1n) is 11.4. The molecule has 0 radical (unpaired) electrons. The van der Waals surface area contributed by atoms with Crippen LogP contribution in [0.2, 0.25) is 10.0 Å². The maximum Gasteiger partial charge on any atom is 0.347 e. The number of aromatic nitrogens is 2. The van der Waals surface area contributed by atoms with Gasteiger partial charge in [-0.15, -0.1) is 0 Å². The molecule has 0 saturated carbocycles. The summed E-state index contributed by atoms with van der Waals surface area (Å²) < 4.78 is 15.0. The molecule has 0 fully saturated rings. The Bertz CT molecular complexity index is 1880. The zero-order valence-electron chi connectivity index (χ0n) is 19.8. The number of nitrogens with zero attached hydrogens (tertiary/aromatic N) is 2. The summed E-state index contributed by atoms with van der Waals surface area (Å²) in [6.07, 6.45) is 0. The number of halogens is 2. The maximum atomic E-state index is 14.0. The Hall–Kier alpha value is -3.19. The molecule has 0 atom stereocenters. The topological polar surface area (TPSA) is 43.8 Å². The highest BCUT2D eigenvalue weighted by Crippen LogP contribution is 2.41. The second-order valence-corrected chi connectivity index (χ2v) is 10.3. The number of hydrogen-bond donors (Lipinski definition) is 0. The van der Waals surface area contributed by atoms with Crippen molar-refractivity contribution in [3.8, 4) is 11.5 Å². The molecule has 5 nitrogen and oxygen atoms in total. The number of ether oxygens (including phenoxy) is 2. The first kappa shape index (κ1) is 23.2. The van der Waals surface area contributed by atoms with E-state index in [1.54, 1.807) is 42.5 Å². The van der Waals surface area contributed by atoms with Crippen molar-refractivity contribution in [3.63, 3.8) is 0 Å². The van der Waals surface area contributed by atoms with Crippen molar-refractivity contribution in [2.75, 3.05) is 14.2 Å². The quantitative estimate of drug-likeness (QED) is 0.223. The number of methoxy groups -OCH3 is 2. The fraction of sp³-hybridized carbons (Fsp3) is 0.143. The Morgan fingerprint density at radius 1 is 0.889 bits per heavy atom. The van der Waals surface area contributed by atoms with E-state index < -0.39 is 0 Å². The van der Waals surface area contributed by atoms with E-state index in [0.717, 1.165) is 42.6 Å². The summed E-state index contributed by atoms with van der Waals surface area (Å²) in [6.45, 7) is 2.75. The molecule has 36 heavy (non-hydrogen) atoms. The second kappa shape index (κ2) is 8.73. The van der Waals surface area contributed by atoms with Gasteiger partial charge in [-0.25, -0.2) is 9.36 Å². The highest BCUT2D eigenvalue weighted by molar-refractivity contribution is 7.99. The van der Waals surface area contributed by atoms with E-state index in [9.17, 15) is 4.79 Å². The SMILES string of the molecule is CC[n+]1c2cc(OC)c(OC)cc2n2c(=O)c3cccc4c(Sc5cc(Cl)ccc5Cl)ccc(c43)c21. The van der Waals surface area contributed by atoms with Gasteiger partial charge in [-0.2, -0.15) is 4.40 Å². The van der Waals surface area contributed by atoms with Crippen molar-refractivity contribution in [3.05, 3.63) is 81.1 Å². The molecule has 0 unspecified atom stereocenters. The molecule has 0 spiro atoms. The van der Waals surface area contributed by atoms with Crippen LogP contribution in [0.25, 0.3) is 38.2 Å². The monoisotopic (exact) mass is 535 g/mol. The Morgan fingerprint density at radius 2 is 1.64 bits per heavy atom. The average molecular weight is 536 g/mol. The molecule has 0 bridgehead atoms. The van der Waals surface area contributed by atoms with Crippen LogP contribution in [0.1, 0.15) is 6.92 Å². The molecule has 0 amide bonds. The number of rotatable bonds is 5. The van der Waals surface area contributed by atoms with Gasteiger partial charge >= 0.3 is 5.56 Å². The van der Waals surface area contributed by atoms with Crippen molar-refractivity contribution >= 4 is 73.2 Å². The summed E-state index contributed by atoms with van der Waals surface area (Å²) in [7, 11) is 3.21. The largest absolute Gasteiger partial charge is 0.493 e. The minimum Gasteiger partial charge on any atom is -0.493 e. The summed E-state index contributed by atoms with van der Waals surface area (Å²) in [5.41, 5.74) is 2.45. The lowest BCUT2D eigenvalue weighted by Gasteiger charge is -2.11. The van der Waals surface area contributed by atoms with E-state index in [0.29, 0.717) is 33.5 Å². The second-order valence-electron chi connectivity index (χ2n) is 8.42. The molecule has 2 aromatic heterocycles. The fourth-order valence-electron chi connectivity index (χ4n) is 5.02. The third kappa shape index (κ3) is 3.32. The van der Waals surface area contributed by atoms with Crippen molar-refractivity contribution in [1.82, 2.24) is 4.40 Å². The summed E-state index contributed by atoms with van der Waals surface area (Å²) in [6, 6.07) is 19.3. The minimum absolute atomic E-state index is 0.0737. The van der Waals surface area contributed by atoms with E-state index in [4.69, 9.17) is 32.7 Å². The molecule has 8 heteroatoms. The van der Waals surface area contributed by atoms with E-state index in [1.165, 1.54) is 0 Å². The van der Waals surface area contributed by atoms with Crippen LogP contribution in [0.3, 0.4) is 0 Å². The van der Waals surface area contributed by atoms with E-state index in [2.05, 4.69) is 29.7 Å². The van der Waals surface area contributed by atoms with Gasteiger partial charge in [0.05, 0.1) is 36.6 Å². The number of benzene rings is 4. The maximum absolute atomic E-state index is 14.0. The molecule has 6 rings (SSSR count). The fourth-order valence-corrected chi connectivity index (χ4v) is 6.50. The molecule has 0 saturated heterocycles. The number of fused-ring (bicyclic) bond motifs is 4. The molecule has 4 aromatic carbocycles. The van der Waals surface area contributed by atoms with Crippen molar-refractivity contribution in [2.24, 2.45) is 0 Å². The number of pyridine rings is 1. The van der Waals surface area contributed by atoms with Gasteiger partial charge < -0.3 is 9.47 Å². The summed E-state index contributed by atoms with van der Waals surface area (Å²) >= 11 is 14.2.